The Balaban J connectivity index is 1.96. The van der Waals surface area contributed by atoms with E-state index >= 15 is 0 Å². The van der Waals surface area contributed by atoms with Crippen molar-refractivity contribution in [2.24, 2.45) is 0 Å². The highest BCUT2D eigenvalue weighted by Gasteiger charge is 2.17. The van der Waals surface area contributed by atoms with Crippen molar-refractivity contribution in [3.63, 3.8) is 0 Å². The summed E-state index contributed by atoms with van der Waals surface area (Å²) in [5.74, 6) is -0.930. The highest BCUT2D eigenvalue weighted by atomic mass is 127. The lowest BCUT2D eigenvalue weighted by atomic mass is 10.1. The summed E-state index contributed by atoms with van der Waals surface area (Å²) in [4.78, 5) is 17.5. The number of hydroxylamine groups is 1. The van der Waals surface area contributed by atoms with Crippen molar-refractivity contribution < 1.29 is 19.1 Å². The molecule has 3 rings (SSSR count). The number of amides is 1. The maximum Gasteiger partial charge on any atom is 0.276 e. The van der Waals surface area contributed by atoms with Crippen LogP contribution in [-0.2, 0) is 4.84 Å². The summed E-state index contributed by atoms with van der Waals surface area (Å²) in [7, 11) is 0. The van der Waals surface area contributed by atoms with Crippen molar-refractivity contribution >= 4 is 61.5 Å². The molecule has 0 saturated carbocycles. The Morgan fingerprint density at radius 1 is 1.42 bits per heavy atom. The number of halogens is 2. The number of nitrogens with one attached hydrogen (secondary N) is 2. The molecule has 0 unspecified atom stereocenters. The molecule has 136 valence electrons. The third kappa shape index (κ3) is 4.29. The van der Waals surface area contributed by atoms with Crippen LogP contribution in [0, 0.1) is 9.39 Å². The number of hydrogen-bond acceptors (Lipinski definition) is 6. The van der Waals surface area contributed by atoms with Crippen LogP contribution in [0.5, 0.6) is 0 Å². The minimum atomic E-state index is -0.711. The van der Waals surface area contributed by atoms with E-state index < -0.39 is 17.8 Å². The molecule has 0 aliphatic heterocycles. The molecule has 9 heteroatoms. The zero-order chi connectivity index (χ0) is 18.7. The van der Waals surface area contributed by atoms with E-state index in [-0.39, 0.29) is 17.9 Å². The molecule has 1 amide bonds. The monoisotopic (exact) mass is 487 g/mol. The molecule has 0 aliphatic rings. The second-order valence-electron chi connectivity index (χ2n) is 5.57. The van der Waals surface area contributed by atoms with Crippen molar-refractivity contribution in [3.8, 4) is 0 Å². The standard InChI is InChI=1S/C17H15FIN3O3S/c1-9(23)8-25-22-17(24)11-3-5-15-12(7-20-26-15)16(11)21-14-4-2-10(19)6-13(14)18/h2-7,9,21,23H,8H2,1H3,(H,22,24)/t9-/m0/s1. The molecule has 26 heavy (non-hydrogen) atoms. The molecule has 0 saturated heterocycles. The van der Waals surface area contributed by atoms with Crippen LogP contribution in [0.25, 0.3) is 10.1 Å². The number of rotatable bonds is 6. The van der Waals surface area contributed by atoms with E-state index in [2.05, 4.69) is 15.2 Å². The molecular weight excluding hydrogens is 472 g/mol. The third-order valence-corrected chi connectivity index (χ3v) is 4.90. The van der Waals surface area contributed by atoms with Gasteiger partial charge in [0.05, 0.1) is 33.9 Å². The average molecular weight is 487 g/mol. The molecule has 0 bridgehead atoms. The number of carbonyl (C=O) groups excluding carboxylic acids is 1. The minimum Gasteiger partial charge on any atom is -0.391 e. The smallest absolute Gasteiger partial charge is 0.276 e. The topological polar surface area (TPSA) is 83.5 Å². The van der Waals surface area contributed by atoms with Gasteiger partial charge in [0, 0.05) is 8.96 Å². The van der Waals surface area contributed by atoms with Crippen LogP contribution in [0.2, 0.25) is 0 Å². The van der Waals surface area contributed by atoms with E-state index in [0.717, 1.165) is 8.27 Å². The predicted octanol–water partition coefficient (Wildman–Crippen LogP) is 3.83. The van der Waals surface area contributed by atoms with Gasteiger partial charge in [-0.3, -0.25) is 9.63 Å². The number of aliphatic hydroxyl groups excluding tert-OH is 1. The van der Waals surface area contributed by atoms with Gasteiger partial charge in [-0.2, -0.15) is 4.37 Å². The Morgan fingerprint density at radius 2 is 2.23 bits per heavy atom. The summed E-state index contributed by atoms with van der Waals surface area (Å²) < 4.78 is 20.0. The molecule has 0 spiro atoms. The highest BCUT2D eigenvalue weighted by molar-refractivity contribution is 14.1. The number of fused-ring (bicyclic) bond motifs is 1. The molecule has 2 aromatic carbocycles. The third-order valence-electron chi connectivity index (χ3n) is 3.46. The van der Waals surface area contributed by atoms with E-state index in [4.69, 9.17) is 4.84 Å². The van der Waals surface area contributed by atoms with Crippen molar-refractivity contribution in [1.82, 2.24) is 9.85 Å². The van der Waals surface area contributed by atoms with Crippen LogP contribution in [0.4, 0.5) is 15.8 Å². The number of nitrogens with zero attached hydrogens (tertiary/aromatic N) is 1. The van der Waals surface area contributed by atoms with Gasteiger partial charge in [-0.1, -0.05) is 0 Å². The highest BCUT2D eigenvalue weighted by Crippen LogP contribution is 2.33. The van der Waals surface area contributed by atoms with Gasteiger partial charge in [0.15, 0.2) is 0 Å². The Kier molecular flexibility index (Phi) is 6.01. The van der Waals surface area contributed by atoms with Crippen molar-refractivity contribution in [2.75, 3.05) is 11.9 Å². The molecule has 3 aromatic rings. The van der Waals surface area contributed by atoms with Gasteiger partial charge in [0.1, 0.15) is 12.4 Å². The Hall–Kier alpha value is -1.82. The number of aliphatic hydroxyl groups is 1. The van der Waals surface area contributed by atoms with Gasteiger partial charge >= 0.3 is 0 Å². The van der Waals surface area contributed by atoms with Crippen LogP contribution in [-0.4, -0.2) is 28.1 Å². The SMILES string of the molecule is C[C@H](O)CONC(=O)c1ccc2sncc2c1Nc1ccc(I)cc1F. The largest absolute Gasteiger partial charge is 0.391 e. The van der Waals surface area contributed by atoms with E-state index in [1.165, 1.54) is 17.6 Å². The number of anilines is 2. The van der Waals surface area contributed by atoms with Gasteiger partial charge in [0.2, 0.25) is 0 Å². The van der Waals surface area contributed by atoms with Gasteiger partial charge in [-0.25, -0.2) is 9.87 Å². The number of aromatic nitrogens is 1. The van der Waals surface area contributed by atoms with Crippen molar-refractivity contribution in [1.29, 1.82) is 0 Å². The lowest BCUT2D eigenvalue weighted by Gasteiger charge is -2.14. The fraction of sp³-hybridized carbons (Fsp3) is 0.176. The first kappa shape index (κ1) is 19.0. The van der Waals surface area contributed by atoms with E-state index in [0.29, 0.717) is 11.1 Å². The lowest BCUT2D eigenvalue weighted by molar-refractivity contribution is -0.00682. The van der Waals surface area contributed by atoms with Crippen LogP contribution >= 0.6 is 34.1 Å². The molecule has 0 fully saturated rings. The van der Waals surface area contributed by atoms with Crippen LogP contribution in [0.15, 0.2) is 36.5 Å². The van der Waals surface area contributed by atoms with E-state index in [1.807, 2.05) is 22.6 Å². The fourth-order valence-electron chi connectivity index (χ4n) is 2.28. The number of hydrogen-bond donors (Lipinski definition) is 3. The summed E-state index contributed by atoms with van der Waals surface area (Å²) in [6.07, 6.45) is 0.915. The summed E-state index contributed by atoms with van der Waals surface area (Å²) in [6.45, 7) is 1.50. The molecular formula is C17H15FIN3O3S. The number of benzene rings is 2. The minimum absolute atomic E-state index is 0.0392. The number of carbonyl (C=O) groups is 1. The van der Waals surface area contributed by atoms with Gasteiger partial charge in [0.25, 0.3) is 5.91 Å². The van der Waals surface area contributed by atoms with Crippen LogP contribution in [0.3, 0.4) is 0 Å². The summed E-state index contributed by atoms with van der Waals surface area (Å²) in [5.41, 5.74) is 3.26. The predicted molar refractivity (Wildman–Crippen MR) is 107 cm³/mol. The zero-order valence-corrected chi connectivity index (χ0v) is 16.6. The molecule has 0 radical (unpaired) electrons. The molecule has 0 aliphatic carbocycles. The summed E-state index contributed by atoms with van der Waals surface area (Å²) in [6, 6.07) is 8.17. The first-order valence-electron chi connectivity index (χ1n) is 7.65. The molecule has 1 heterocycles. The molecule has 6 nitrogen and oxygen atoms in total. The van der Waals surface area contributed by atoms with E-state index in [9.17, 15) is 14.3 Å². The second-order valence-corrected chi connectivity index (χ2v) is 7.64. The Bertz CT molecular complexity index is 948. The zero-order valence-electron chi connectivity index (χ0n) is 13.6. The van der Waals surface area contributed by atoms with Crippen LogP contribution < -0.4 is 10.8 Å². The first-order valence-corrected chi connectivity index (χ1v) is 9.50. The van der Waals surface area contributed by atoms with Gasteiger partial charge in [-0.05, 0) is 71.4 Å². The lowest BCUT2D eigenvalue weighted by Crippen LogP contribution is -2.28. The Morgan fingerprint density at radius 3 is 2.96 bits per heavy atom. The maximum atomic E-state index is 14.3. The summed E-state index contributed by atoms with van der Waals surface area (Å²) >= 11 is 3.31. The van der Waals surface area contributed by atoms with Crippen molar-refractivity contribution in [3.05, 3.63) is 51.5 Å². The first-order chi connectivity index (χ1) is 12.5. The summed E-state index contributed by atoms with van der Waals surface area (Å²) in [5, 5.41) is 12.9. The molecule has 3 N–H and O–H groups in total. The normalized spacial score (nSPS) is 12.2. The molecule has 1 aromatic heterocycles. The van der Waals surface area contributed by atoms with Crippen LogP contribution in [0.1, 0.15) is 17.3 Å². The quantitative estimate of drug-likeness (QED) is 0.364. The average Bonchev–Trinajstić information content (AvgIpc) is 3.06. The van der Waals surface area contributed by atoms with Gasteiger partial charge in [-0.15, -0.1) is 0 Å². The van der Waals surface area contributed by atoms with E-state index in [1.54, 1.807) is 37.4 Å². The second kappa shape index (κ2) is 8.25. The van der Waals surface area contributed by atoms with Crippen molar-refractivity contribution in [2.45, 2.75) is 13.0 Å². The fourth-order valence-corrected chi connectivity index (χ4v) is 3.38. The Labute approximate surface area is 166 Å². The molecule has 1 atom stereocenters. The van der Waals surface area contributed by atoms with Gasteiger partial charge < -0.3 is 10.4 Å². The maximum absolute atomic E-state index is 14.3.